The van der Waals surface area contributed by atoms with Crippen molar-refractivity contribution in [1.29, 1.82) is 0 Å². The standard InChI is InChI=1S/C19H21N5O5S2/c1-22-10-12-23(13-11-22)31(28,29)15-8-6-14(7-9-15)20-19(30)21-18(25)16-4-2-3-5-17(16)24(26)27/h2-9H,10-13H2,1H3,(H2,20,21,25,30). The summed E-state index contributed by atoms with van der Waals surface area (Å²) in [4.78, 5) is 25.0. The van der Waals surface area contributed by atoms with Gasteiger partial charge >= 0.3 is 0 Å². The number of piperazine rings is 1. The van der Waals surface area contributed by atoms with Gasteiger partial charge in [0.2, 0.25) is 10.0 Å². The SMILES string of the molecule is CN1CCN(S(=O)(=O)c2ccc(NC(=S)NC(=O)c3ccccc3[N+](=O)[O-])cc2)CC1. The minimum atomic E-state index is -3.59. The van der Waals surface area contributed by atoms with E-state index < -0.39 is 20.9 Å². The van der Waals surface area contributed by atoms with Gasteiger partial charge in [0.05, 0.1) is 9.82 Å². The molecule has 3 rings (SSSR count). The van der Waals surface area contributed by atoms with E-state index in [-0.39, 0.29) is 21.3 Å². The summed E-state index contributed by atoms with van der Waals surface area (Å²) >= 11 is 5.10. The number of carbonyl (C=O) groups is 1. The molecule has 2 aromatic rings. The number of hydrogen-bond acceptors (Lipinski definition) is 7. The Balaban J connectivity index is 1.64. The third-order valence-electron chi connectivity index (χ3n) is 4.78. The molecule has 0 aromatic heterocycles. The quantitative estimate of drug-likeness (QED) is 0.390. The van der Waals surface area contributed by atoms with E-state index in [0.717, 1.165) is 0 Å². The molecule has 0 aliphatic carbocycles. The van der Waals surface area contributed by atoms with Crippen molar-refractivity contribution in [3.8, 4) is 0 Å². The van der Waals surface area contributed by atoms with Crippen LogP contribution in [0.15, 0.2) is 53.4 Å². The fraction of sp³-hybridized carbons (Fsp3) is 0.263. The van der Waals surface area contributed by atoms with Crippen molar-refractivity contribution in [2.24, 2.45) is 0 Å². The van der Waals surface area contributed by atoms with Crippen LogP contribution < -0.4 is 10.6 Å². The monoisotopic (exact) mass is 463 g/mol. The molecule has 10 nitrogen and oxygen atoms in total. The lowest BCUT2D eigenvalue weighted by molar-refractivity contribution is -0.385. The average Bonchev–Trinajstić information content (AvgIpc) is 2.74. The van der Waals surface area contributed by atoms with Gasteiger partial charge in [-0.3, -0.25) is 20.2 Å². The number of carbonyl (C=O) groups excluding carboxylic acids is 1. The second-order valence-corrected chi connectivity index (χ2v) is 9.26. The number of nitro benzene ring substituents is 1. The fourth-order valence-corrected chi connectivity index (χ4v) is 4.68. The van der Waals surface area contributed by atoms with Crippen LogP contribution in [-0.4, -0.2) is 66.8 Å². The minimum absolute atomic E-state index is 0.0715. The van der Waals surface area contributed by atoms with Gasteiger partial charge in [-0.25, -0.2) is 8.42 Å². The first kappa shape index (κ1) is 22.7. The average molecular weight is 464 g/mol. The van der Waals surface area contributed by atoms with Crippen molar-refractivity contribution in [1.82, 2.24) is 14.5 Å². The molecule has 0 radical (unpaired) electrons. The molecule has 1 saturated heterocycles. The number of anilines is 1. The molecule has 2 N–H and O–H groups in total. The number of nitrogens with one attached hydrogen (secondary N) is 2. The van der Waals surface area contributed by atoms with Crippen molar-refractivity contribution in [2.75, 3.05) is 38.5 Å². The number of sulfonamides is 1. The van der Waals surface area contributed by atoms with Crippen molar-refractivity contribution < 1.29 is 18.1 Å². The minimum Gasteiger partial charge on any atom is -0.332 e. The molecule has 1 aliphatic heterocycles. The Hall–Kier alpha value is -2.93. The number of rotatable bonds is 5. The van der Waals surface area contributed by atoms with Crippen molar-refractivity contribution in [3.63, 3.8) is 0 Å². The largest absolute Gasteiger partial charge is 0.332 e. The summed E-state index contributed by atoms with van der Waals surface area (Å²) < 4.78 is 27.0. The van der Waals surface area contributed by atoms with E-state index in [2.05, 4.69) is 15.5 Å². The molecule has 1 heterocycles. The van der Waals surface area contributed by atoms with Crippen molar-refractivity contribution in [3.05, 3.63) is 64.2 Å². The van der Waals surface area contributed by atoms with E-state index in [9.17, 15) is 23.3 Å². The number of benzene rings is 2. The van der Waals surface area contributed by atoms with Gasteiger partial charge in [0.1, 0.15) is 5.56 Å². The van der Waals surface area contributed by atoms with E-state index in [1.54, 1.807) is 0 Å². The molecule has 1 amide bonds. The Morgan fingerprint density at radius 3 is 2.29 bits per heavy atom. The van der Waals surface area contributed by atoms with Gasteiger partial charge in [-0.05, 0) is 49.6 Å². The van der Waals surface area contributed by atoms with Gasteiger partial charge in [0.15, 0.2) is 5.11 Å². The highest BCUT2D eigenvalue weighted by atomic mass is 32.2. The molecule has 2 aromatic carbocycles. The molecular formula is C19H21N5O5S2. The summed E-state index contributed by atoms with van der Waals surface area (Å²) in [6, 6.07) is 11.5. The van der Waals surface area contributed by atoms with Crippen LogP contribution in [0.5, 0.6) is 0 Å². The predicted octanol–water partition coefficient (Wildman–Crippen LogP) is 1.66. The first-order valence-corrected chi connectivity index (χ1v) is 11.2. The molecule has 12 heteroatoms. The summed E-state index contributed by atoms with van der Waals surface area (Å²) in [6.07, 6.45) is 0. The summed E-state index contributed by atoms with van der Waals surface area (Å²) in [7, 11) is -1.64. The van der Waals surface area contributed by atoms with Gasteiger partial charge in [0.25, 0.3) is 11.6 Å². The maximum absolute atomic E-state index is 12.8. The third-order valence-corrected chi connectivity index (χ3v) is 6.90. The normalized spacial score (nSPS) is 15.3. The van der Waals surface area contributed by atoms with Crippen LogP contribution in [0.3, 0.4) is 0 Å². The number of para-hydroxylation sites is 1. The zero-order valence-electron chi connectivity index (χ0n) is 16.6. The topological polar surface area (TPSA) is 125 Å². The van der Waals surface area contributed by atoms with E-state index in [4.69, 9.17) is 12.2 Å². The molecule has 31 heavy (non-hydrogen) atoms. The van der Waals surface area contributed by atoms with Crippen LogP contribution >= 0.6 is 12.2 Å². The van der Waals surface area contributed by atoms with E-state index >= 15 is 0 Å². The fourth-order valence-electron chi connectivity index (χ4n) is 3.05. The molecular weight excluding hydrogens is 442 g/mol. The number of likely N-dealkylation sites (N-methyl/N-ethyl adjacent to an activating group) is 1. The Bertz CT molecular complexity index is 1100. The maximum atomic E-state index is 12.8. The van der Waals surface area contributed by atoms with E-state index in [1.807, 2.05) is 7.05 Å². The van der Waals surface area contributed by atoms with Gasteiger partial charge in [0, 0.05) is 37.9 Å². The number of thiocarbonyl (C=S) groups is 1. The van der Waals surface area contributed by atoms with Crippen LogP contribution in [0.2, 0.25) is 0 Å². The Morgan fingerprint density at radius 1 is 1.06 bits per heavy atom. The highest BCUT2D eigenvalue weighted by Crippen LogP contribution is 2.20. The van der Waals surface area contributed by atoms with Gasteiger partial charge in [-0.2, -0.15) is 4.31 Å². The highest BCUT2D eigenvalue weighted by Gasteiger charge is 2.27. The molecule has 0 spiro atoms. The number of hydrogen-bond donors (Lipinski definition) is 2. The lowest BCUT2D eigenvalue weighted by Crippen LogP contribution is -2.46. The van der Waals surface area contributed by atoms with Gasteiger partial charge in [-0.15, -0.1) is 0 Å². The maximum Gasteiger partial charge on any atom is 0.282 e. The lowest BCUT2D eigenvalue weighted by Gasteiger charge is -2.31. The number of nitrogens with zero attached hydrogens (tertiary/aromatic N) is 3. The van der Waals surface area contributed by atoms with Crippen molar-refractivity contribution >= 4 is 44.6 Å². The van der Waals surface area contributed by atoms with Crippen LogP contribution in [0.1, 0.15) is 10.4 Å². The molecule has 0 bridgehead atoms. The molecule has 0 unspecified atom stereocenters. The highest BCUT2D eigenvalue weighted by molar-refractivity contribution is 7.89. The van der Waals surface area contributed by atoms with Crippen LogP contribution in [0.4, 0.5) is 11.4 Å². The summed E-state index contributed by atoms with van der Waals surface area (Å²) in [5.74, 6) is -0.723. The molecule has 0 saturated carbocycles. The van der Waals surface area contributed by atoms with E-state index in [0.29, 0.717) is 31.9 Å². The van der Waals surface area contributed by atoms with Crippen LogP contribution in [0.25, 0.3) is 0 Å². The summed E-state index contributed by atoms with van der Waals surface area (Å²) in [5, 5.41) is 16.2. The third kappa shape index (κ3) is 5.41. The molecule has 1 fully saturated rings. The Morgan fingerprint density at radius 2 is 1.68 bits per heavy atom. The van der Waals surface area contributed by atoms with Crippen LogP contribution in [-0.2, 0) is 10.0 Å². The molecule has 164 valence electrons. The second-order valence-electron chi connectivity index (χ2n) is 6.91. The first-order chi connectivity index (χ1) is 14.7. The zero-order valence-corrected chi connectivity index (χ0v) is 18.3. The van der Waals surface area contributed by atoms with Crippen LogP contribution in [0, 0.1) is 10.1 Å². The summed E-state index contributed by atoms with van der Waals surface area (Å²) in [6.45, 7) is 2.21. The zero-order chi connectivity index (χ0) is 22.6. The first-order valence-electron chi connectivity index (χ1n) is 9.33. The lowest BCUT2D eigenvalue weighted by atomic mass is 10.1. The van der Waals surface area contributed by atoms with E-state index in [1.165, 1.54) is 52.8 Å². The molecule has 0 atom stereocenters. The number of amides is 1. The van der Waals surface area contributed by atoms with Crippen molar-refractivity contribution in [2.45, 2.75) is 4.90 Å². The Kier molecular flexibility index (Phi) is 6.95. The summed E-state index contributed by atoms with van der Waals surface area (Å²) in [5.41, 5.74) is 0.0109. The Labute approximate surface area is 185 Å². The van der Waals surface area contributed by atoms with Gasteiger partial charge in [-0.1, -0.05) is 12.1 Å². The molecule has 1 aliphatic rings. The second kappa shape index (κ2) is 9.47. The predicted molar refractivity (Wildman–Crippen MR) is 119 cm³/mol. The smallest absolute Gasteiger partial charge is 0.282 e. The van der Waals surface area contributed by atoms with Gasteiger partial charge < -0.3 is 10.2 Å². The number of nitro groups is 1.